The summed E-state index contributed by atoms with van der Waals surface area (Å²) in [6.07, 6.45) is 0. The Morgan fingerprint density at radius 2 is 1.27 bits per heavy atom. The number of hydrogen-bond acceptors (Lipinski definition) is 0. The van der Waals surface area contributed by atoms with E-state index in [1.165, 1.54) is 0 Å². The van der Waals surface area contributed by atoms with Crippen LogP contribution < -0.4 is 13.3 Å². The van der Waals surface area contributed by atoms with Crippen molar-refractivity contribution in [3.8, 4) is 0 Å². The summed E-state index contributed by atoms with van der Waals surface area (Å²) in [6, 6.07) is 0. The Morgan fingerprint density at radius 1 is 0.818 bits per heavy atom. The van der Waals surface area contributed by atoms with Gasteiger partial charge in [-0.3, -0.25) is 0 Å². The Kier molecular flexibility index (Phi) is 20.5. The SMILES string of the molecule is I[I-]I(I)I(I)I(I)I(I)I. The minimum atomic E-state index is -0.355. The summed E-state index contributed by atoms with van der Waals surface area (Å²) in [4.78, 5) is 0. The Bertz CT molecular complexity index is 94.2. The van der Waals surface area contributed by atoms with Gasteiger partial charge in [-0.2, -0.15) is 0 Å². The van der Waals surface area contributed by atoms with Crippen molar-refractivity contribution in [3.63, 3.8) is 0 Å². The van der Waals surface area contributed by atoms with Crippen molar-refractivity contribution in [2.75, 3.05) is 0 Å². The molecule has 0 bridgehead atoms. The molecule has 0 saturated heterocycles. The Labute approximate surface area is 149 Å². The Hall–Kier alpha value is 8.03. The second kappa shape index (κ2) is 11.8. The zero-order valence-electron chi connectivity index (χ0n) is 4.16. The van der Waals surface area contributed by atoms with Gasteiger partial charge >= 0.3 is 157 Å². The van der Waals surface area contributed by atoms with Crippen LogP contribution in [-0.4, -0.2) is 0 Å². The van der Waals surface area contributed by atoms with Crippen LogP contribution >= 0.6 is 143 Å². The summed E-state index contributed by atoms with van der Waals surface area (Å²) in [5.74, 6) is 0. The quantitative estimate of drug-likeness (QED) is 0.310. The molecule has 11 heavy (non-hydrogen) atoms. The first-order chi connectivity index (χ1) is 5.00. The average Bonchev–Trinajstić information content (AvgIpc) is 2.00. The van der Waals surface area contributed by atoms with E-state index in [9.17, 15) is 0 Å². The van der Waals surface area contributed by atoms with E-state index in [0.29, 0.717) is 13.3 Å². The predicted octanol–water partition coefficient (Wildman–Crippen LogP) is 5.86. The van der Waals surface area contributed by atoms with Crippen LogP contribution in [0.2, 0.25) is 0 Å². The van der Waals surface area contributed by atoms with Crippen LogP contribution in [0, 0.1) is 0 Å². The van der Waals surface area contributed by atoms with Crippen molar-refractivity contribution >= 4 is 143 Å². The molecule has 11 heteroatoms. The molecule has 0 nitrogen and oxygen atoms in total. The van der Waals surface area contributed by atoms with E-state index < -0.39 is 0 Å². The Morgan fingerprint density at radius 3 is 1.55 bits per heavy atom. The van der Waals surface area contributed by atoms with E-state index in [4.69, 9.17) is 0 Å². The predicted molar refractivity (Wildman–Crippen MR) is 140 cm³/mol. The topological polar surface area (TPSA) is 0 Å². The molecule has 0 aliphatic carbocycles. The maximum atomic E-state index is 2.94. The van der Waals surface area contributed by atoms with E-state index in [1.807, 2.05) is 0 Å². The van der Waals surface area contributed by atoms with E-state index in [2.05, 4.69) is 112 Å². The fourth-order valence-electron chi connectivity index (χ4n) is 0.0771. The van der Waals surface area contributed by atoms with Crippen LogP contribution in [-0.2, 0) is 0 Å². The van der Waals surface area contributed by atoms with Gasteiger partial charge in [0.15, 0.2) is 0 Å². The zero-order valence-corrected chi connectivity index (χ0v) is 27.9. The minimum absolute atomic E-state index is 0.250. The molecule has 0 aromatic heterocycles. The third kappa shape index (κ3) is 9.55. The molecule has 0 spiro atoms. The van der Waals surface area contributed by atoms with E-state index in [1.54, 1.807) is 0 Å². The van der Waals surface area contributed by atoms with Crippen molar-refractivity contribution in [2.24, 2.45) is 0 Å². The first-order valence-electron chi connectivity index (χ1n) is 1.43. The van der Waals surface area contributed by atoms with Crippen molar-refractivity contribution in [2.45, 2.75) is 0 Å². The van der Waals surface area contributed by atoms with Gasteiger partial charge in [0.25, 0.3) is 0 Å². The summed E-state index contributed by atoms with van der Waals surface area (Å²) in [5.41, 5.74) is 0. The van der Waals surface area contributed by atoms with E-state index in [0.717, 1.165) is 0 Å². The molecular formula is I11-. The molecule has 0 rings (SSSR count). The van der Waals surface area contributed by atoms with Gasteiger partial charge in [0.2, 0.25) is 0 Å². The van der Waals surface area contributed by atoms with Crippen LogP contribution in [0.4, 0.5) is 0 Å². The van der Waals surface area contributed by atoms with Crippen LogP contribution in [0.3, 0.4) is 0 Å². The van der Waals surface area contributed by atoms with Gasteiger partial charge in [0, 0.05) is 0 Å². The Balaban J connectivity index is 3.90. The number of hydrogen-bond donors (Lipinski definition) is 0. The molecule has 0 heterocycles. The molecule has 0 radical (unpaired) electrons. The van der Waals surface area contributed by atoms with Gasteiger partial charge in [0.05, 0.1) is 0 Å². The molecule has 0 fully saturated rings. The van der Waals surface area contributed by atoms with Crippen LogP contribution in [0.5, 0.6) is 0 Å². The van der Waals surface area contributed by atoms with Crippen LogP contribution in [0.1, 0.15) is 0 Å². The number of halogens is 11. The van der Waals surface area contributed by atoms with Gasteiger partial charge in [0.1, 0.15) is 0 Å². The molecule has 0 amide bonds. The third-order valence-electron chi connectivity index (χ3n) is 0.286. The molecule has 0 unspecified atom stereocenters. The van der Waals surface area contributed by atoms with Crippen molar-refractivity contribution in [1.29, 1.82) is 0 Å². The molecular weight excluding hydrogens is 1400 g/mol. The summed E-state index contributed by atoms with van der Waals surface area (Å²) in [5, 5.41) is 0. The molecule has 0 N–H and O–H groups in total. The van der Waals surface area contributed by atoms with Crippen LogP contribution in [0.25, 0.3) is 0 Å². The molecule has 0 aliphatic heterocycles. The summed E-state index contributed by atoms with van der Waals surface area (Å²) in [7, 11) is -1.16. The van der Waals surface area contributed by atoms with Gasteiger partial charge < -0.3 is 0 Å². The van der Waals surface area contributed by atoms with Crippen molar-refractivity contribution in [1.82, 2.24) is 0 Å². The van der Waals surface area contributed by atoms with Crippen LogP contribution in [0.15, 0.2) is 0 Å². The molecule has 78 valence electrons. The fourth-order valence-corrected chi connectivity index (χ4v) is 1050. The zero-order chi connectivity index (χ0) is 9.02. The third-order valence-corrected chi connectivity index (χ3v) is 579. The molecule has 0 atom stereocenters. The molecule has 0 saturated carbocycles. The summed E-state index contributed by atoms with van der Waals surface area (Å²) < 4.78 is 0. The molecule has 0 aromatic rings. The summed E-state index contributed by atoms with van der Waals surface area (Å²) in [6.45, 7) is 0. The monoisotopic (exact) mass is 1400 g/mol. The van der Waals surface area contributed by atoms with E-state index in [-0.39, 0.29) is 31.6 Å². The maximum absolute atomic E-state index is 2.94. The van der Waals surface area contributed by atoms with Gasteiger partial charge in [-0.05, 0) is 0 Å². The van der Waals surface area contributed by atoms with Gasteiger partial charge in [-0.1, -0.05) is 0 Å². The first kappa shape index (κ1) is 19.0. The van der Waals surface area contributed by atoms with E-state index >= 15 is 0 Å². The van der Waals surface area contributed by atoms with Gasteiger partial charge in [-0.15, -0.1) is 0 Å². The second-order valence-corrected chi connectivity index (χ2v) is 212. The standard InChI is InChI=1S/I11/c1-7-9(4)11(6)10(5)8(2)3/q-1. The van der Waals surface area contributed by atoms with Crippen molar-refractivity contribution < 1.29 is 13.3 Å². The number of rotatable bonds is 4. The average molecular weight is 1400 g/mol. The second-order valence-electron chi connectivity index (χ2n) is 0.702. The first-order valence-corrected chi connectivity index (χ1v) is 64.3. The van der Waals surface area contributed by atoms with Gasteiger partial charge in [-0.25, -0.2) is 0 Å². The van der Waals surface area contributed by atoms with Crippen molar-refractivity contribution in [3.05, 3.63) is 0 Å². The molecule has 0 aliphatic rings. The fraction of sp³-hybridized carbons (Fsp3) is 0. The normalized spacial score (nSPS) is 16.2. The molecule has 0 aromatic carbocycles. The summed E-state index contributed by atoms with van der Waals surface area (Å²) >= 11 is 17.8.